The van der Waals surface area contributed by atoms with Crippen molar-refractivity contribution in [2.45, 2.75) is 13.3 Å². The van der Waals surface area contributed by atoms with Gasteiger partial charge in [0.25, 0.3) is 0 Å². The van der Waals surface area contributed by atoms with Crippen LogP contribution in [0.1, 0.15) is 11.3 Å². The molecule has 1 heterocycles. The van der Waals surface area contributed by atoms with Crippen LogP contribution < -0.4 is 10.6 Å². The van der Waals surface area contributed by atoms with Gasteiger partial charge >= 0.3 is 0 Å². The van der Waals surface area contributed by atoms with Crippen LogP contribution in [-0.2, 0) is 11.2 Å². The number of hydrogen-bond acceptors (Lipinski definition) is 3. The summed E-state index contributed by atoms with van der Waals surface area (Å²) in [6.45, 7) is 3.38. The van der Waals surface area contributed by atoms with Gasteiger partial charge in [0.05, 0.1) is 6.42 Å². The van der Waals surface area contributed by atoms with Gasteiger partial charge < -0.3 is 10.6 Å². The van der Waals surface area contributed by atoms with Crippen molar-refractivity contribution >= 4 is 5.91 Å². The van der Waals surface area contributed by atoms with Gasteiger partial charge in [-0.1, -0.05) is 6.07 Å². The highest BCUT2D eigenvalue weighted by Gasteiger charge is 2.02. The van der Waals surface area contributed by atoms with Crippen LogP contribution in [0.4, 0.5) is 0 Å². The number of pyridine rings is 1. The third kappa shape index (κ3) is 4.56. The zero-order chi connectivity index (χ0) is 11.1. The Bertz CT molecular complexity index is 308. The molecule has 1 rings (SSSR count). The van der Waals surface area contributed by atoms with E-state index in [-0.39, 0.29) is 5.91 Å². The summed E-state index contributed by atoms with van der Waals surface area (Å²) >= 11 is 0. The first-order chi connectivity index (χ1) is 7.22. The molecule has 0 aliphatic heterocycles. The van der Waals surface area contributed by atoms with Crippen LogP contribution in [0, 0.1) is 6.92 Å². The summed E-state index contributed by atoms with van der Waals surface area (Å²) in [4.78, 5) is 15.5. The van der Waals surface area contributed by atoms with E-state index < -0.39 is 0 Å². The number of aromatic nitrogens is 1. The molecule has 0 saturated carbocycles. The van der Waals surface area contributed by atoms with E-state index in [9.17, 15) is 4.79 Å². The Morgan fingerprint density at radius 2 is 2.20 bits per heavy atom. The summed E-state index contributed by atoms with van der Waals surface area (Å²) in [5.74, 6) is 0.0379. The number of nitrogens with one attached hydrogen (secondary N) is 2. The topological polar surface area (TPSA) is 54.0 Å². The maximum absolute atomic E-state index is 11.4. The monoisotopic (exact) mass is 207 g/mol. The zero-order valence-electron chi connectivity index (χ0n) is 9.21. The van der Waals surface area contributed by atoms with Crippen LogP contribution in [-0.4, -0.2) is 31.0 Å². The summed E-state index contributed by atoms with van der Waals surface area (Å²) in [5, 5.41) is 5.78. The molecule has 1 amide bonds. The summed E-state index contributed by atoms with van der Waals surface area (Å²) in [6.07, 6.45) is 2.14. The molecule has 0 fully saturated rings. The molecular weight excluding hydrogens is 190 g/mol. The number of carbonyl (C=O) groups is 1. The summed E-state index contributed by atoms with van der Waals surface area (Å²) < 4.78 is 0. The number of amides is 1. The van der Waals surface area contributed by atoms with Gasteiger partial charge in [0.1, 0.15) is 0 Å². The number of carbonyl (C=O) groups excluding carboxylic acids is 1. The number of likely N-dealkylation sites (N-methyl/N-ethyl adjacent to an activating group) is 1. The number of nitrogens with zero attached hydrogens (tertiary/aromatic N) is 1. The third-order valence-corrected chi connectivity index (χ3v) is 2.03. The Labute approximate surface area is 90.1 Å². The molecule has 1 aromatic rings. The lowest BCUT2D eigenvalue weighted by molar-refractivity contribution is -0.120. The fourth-order valence-corrected chi connectivity index (χ4v) is 1.18. The molecule has 2 N–H and O–H groups in total. The van der Waals surface area contributed by atoms with E-state index in [0.29, 0.717) is 13.0 Å². The summed E-state index contributed by atoms with van der Waals surface area (Å²) in [6, 6.07) is 3.84. The Kier molecular flexibility index (Phi) is 4.77. The van der Waals surface area contributed by atoms with Crippen LogP contribution in [0.2, 0.25) is 0 Å². The van der Waals surface area contributed by atoms with Gasteiger partial charge in [-0.05, 0) is 25.6 Å². The van der Waals surface area contributed by atoms with E-state index in [2.05, 4.69) is 15.6 Å². The molecule has 4 heteroatoms. The van der Waals surface area contributed by atoms with Crippen LogP contribution in [0.5, 0.6) is 0 Å². The second kappa shape index (κ2) is 6.14. The highest BCUT2D eigenvalue weighted by atomic mass is 16.1. The van der Waals surface area contributed by atoms with Crippen LogP contribution >= 0.6 is 0 Å². The lowest BCUT2D eigenvalue weighted by Crippen LogP contribution is -2.31. The van der Waals surface area contributed by atoms with E-state index in [1.54, 1.807) is 6.20 Å². The van der Waals surface area contributed by atoms with E-state index in [4.69, 9.17) is 0 Å². The van der Waals surface area contributed by atoms with Gasteiger partial charge in [-0.15, -0.1) is 0 Å². The molecule has 0 aromatic carbocycles. The molecule has 0 aliphatic rings. The molecule has 82 valence electrons. The van der Waals surface area contributed by atoms with Crippen LogP contribution in [0.15, 0.2) is 18.3 Å². The molecule has 1 aromatic heterocycles. The van der Waals surface area contributed by atoms with Crippen LogP contribution in [0.3, 0.4) is 0 Å². The second-order valence-corrected chi connectivity index (χ2v) is 3.44. The van der Waals surface area contributed by atoms with Crippen molar-refractivity contribution in [2.75, 3.05) is 20.1 Å². The number of hydrogen-bond donors (Lipinski definition) is 2. The van der Waals surface area contributed by atoms with Crippen molar-refractivity contribution in [1.82, 2.24) is 15.6 Å². The number of rotatable bonds is 5. The molecule has 0 spiro atoms. The van der Waals surface area contributed by atoms with Gasteiger partial charge in [-0.3, -0.25) is 9.78 Å². The highest BCUT2D eigenvalue weighted by Crippen LogP contribution is 1.99. The maximum atomic E-state index is 11.4. The molecule has 15 heavy (non-hydrogen) atoms. The molecule has 4 nitrogen and oxygen atoms in total. The van der Waals surface area contributed by atoms with Crippen molar-refractivity contribution in [3.05, 3.63) is 29.6 Å². The van der Waals surface area contributed by atoms with E-state index in [1.807, 2.05) is 26.1 Å². The zero-order valence-corrected chi connectivity index (χ0v) is 9.21. The van der Waals surface area contributed by atoms with Gasteiger partial charge in [0.2, 0.25) is 5.91 Å². The SMILES string of the molecule is CNCCNC(=O)Cc1ccc(C)nc1. The fourth-order valence-electron chi connectivity index (χ4n) is 1.18. The average molecular weight is 207 g/mol. The van der Waals surface area contributed by atoms with E-state index in [1.165, 1.54) is 0 Å². The van der Waals surface area contributed by atoms with Gasteiger partial charge in [0.15, 0.2) is 0 Å². The summed E-state index contributed by atoms with van der Waals surface area (Å²) in [7, 11) is 1.86. The van der Waals surface area contributed by atoms with Crippen molar-refractivity contribution in [3.8, 4) is 0 Å². The van der Waals surface area contributed by atoms with Crippen molar-refractivity contribution in [3.63, 3.8) is 0 Å². The molecule has 0 radical (unpaired) electrons. The summed E-state index contributed by atoms with van der Waals surface area (Å²) in [5.41, 5.74) is 1.91. The van der Waals surface area contributed by atoms with Gasteiger partial charge in [-0.25, -0.2) is 0 Å². The normalized spacial score (nSPS) is 10.0. The average Bonchev–Trinajstić information content (AvgIpc) is 2.22. The Balaban J connectivity index is 2.34. The quantitative estimate of drug-likeness (QED) is 0.681. The molecular formula is C11H17N3O. The Morgan fingerprint density at radius 1 is 1.40 bits per heavy atom. The van der Waals surface area contributed by atoms with Crippen molar-refractivity contribution in [1.29, 1.82) is 0 Å². The van der Waals surface area contributed by atoms with Crippen molar-refractivity contribution < 1.29 is 4.79 Å². The molecule has 0 atom stereocenters. The predicted molar refractivity (Wildman–Crippen MR) is 59.6 cm³/mol. The highest BCUT2D eigenvalue weighted by molar-refractivity contribution is 5.78. The first-order valence-corrected chi connectivity index (χ1v) is 5.05. The maximum Gasteiger partial charge on any atom is 0.224 e. The van der Waals surface area contributed by atoms with E-state index >= 15 is 0 Å². The molecule has 0 bridgehead atoms. The van der Waals surface area contributed by atoms with Gasteiger partial charge in [0, 0.05) is 25.0 Å². The minimum absolute atomic E-state index is 0.0379. The lowest BCUT2D eigenvalue weighted by atomic mass is 10.2. The minimum Gasteiger partial charge on any atom is -0.355 e. The molecule has 0 unspecified atom stereocenters. The third-order valence-electron chi connectivity index (χ3n) is 2.03. The van der Waals surface area contributed by atoms with Gasteiger partial charge in [-0.2, -0.15) is 0 Å². The first-order valence-electron chi connectivity index (χ1n) is 5.05. The minimum atomic E-state index is 0.0379. The predicted octanol–water partition coefficient (Wildman–Crippen LogP) is 0.268. The number of aryl methyl sites for hydroxylation is 1. The standard InChI is InChI=1S/C11H17N3O/c1-9-3-4-10(8-14-9)7-11(15)13-6-5-12-2/h3-4,8,12H,5-7H2,1-2H3,(H,13,15). The Morgan fingerprint density at radius 3 is 2.80 bits per heavy atom. The van der Waals surface area contributed by atoms with E-state index in [0.717, 1.165) is 17.8 Å². The lowest BCUT2D eigenvalue weighted by Gasteiger charge is -2.04. The second-order valence-electron chi connectivity index (χ2n) is 3.44. The smallest absolute Gasteiger partial charge is 0.224 e. The first kappa shape index (κ1) is 11.7. The van der Waals surface area contributed by atoms with Crippen LogP contribution in [0.25, 0.3) is 0 Å². The fraction of sp³-hybridized carbons (Fsp3) is 0.455. The molecule has 0 aliphatic carbocycles. The molecule has 0 saturated heterocycles. The largest absolute Gasteiger partial charge is 0.355 e. The van der Waals surface area contributed by atoms with Crippen molar-refractivity contribution in [2.24, 2.45) is 0 Å². The Hall–Kier alpha value is -1.42.